The van der Waals surface area contributed by atoms with E-state index in [1.807, 2.05) is 30.3 Å². The van der Waals surface area contributed by atoms with Crippen LogP contribution in [0.25, 0.3) is 5.69 Å². The normalized spacial score (nSPS) is 12.4. The summed E-state index contributed by atoms with van der Waals surface area (Å²) in [7, 11) is 0. The number of nitro groups is 1. The highest BCUT2D eigenvalue weighted by Gasteiger charge is 2.24. The van der Waals surface area contributed by atoms with Gasteiger partial charge in [0.05, 0.1) is 29.3 Å². The van der Waals surface area contributed by atoms with Gasteiger partial charge in [-0.3, -0.25) is 14.9 Å². The monoisotopic (exact) mass is 392 g/mol. The van der Waals surface area contributed by atoms with E-state index < -0.39 is 4.92 Å². The Morgan fingerprint density at radius 2 is 1.90 bits per heavy atom. The summed E-state index contributed by atoms with van der Waals surface area (Å²) in [5.41, 5.74) is 3.03. The molecule has 0 aliphatic heterocycles. The quantitative estimate of drug-likeness (QED) is 0.488. The summed E-state index contributed by atoms with van der Waals surface area (Å²) in [6.45, 7) is 0.172. The van der Waals surface area contributed by atoms with Crippen molar-refractivity contribution in [2.45, 2.75) is 25.7 Å². The van der Waals surface area contributed by atoms with Crippen molar-refractivity contribution in [1.29, 1.82) is 0 Å². The number of para-hydroxylation sites is 1. The molecule has 1 amide bonds. The van der Waals surface area contributed by atoms with Crippen molar-refractivity contribution in [1.82, 2.24) is 9.78 Å². The second kappa shape index (κ2) is 8.14. The van der Waals surface area contributed by atoms with E-state index in [4.69, 9.17) is 4.74 Å². The van der Waals surface area contributed by atoms with E-state index >= 15 is 0 Å². The molecule has 1 N–H and O–H groups in total. The number of rotatable bonds is 7. The van der Waals surface area contributed by atoms with Crippen molar-refractivity contribution >= 4 is 17.4 Å². The van der Waals surface area contributed by atoms with Gasteiger partial charge in [0.2, 0.25) is 5.91 Å². The van der Waals surface area contributed by atoms with Crippen LogP contribution in [0.5, 0.6) is 5.75 Å². The van der Waals surface area contributed by atoms with Crippen molar-refractivity contribution in [3.8, 4) is 11.4 Å². The number of nitrogens with zero attached hydrogens (tertiary/aromatic N) is 3. The van der Waals surface area contributed by atoms with Crippen LogP contribution in [-0.2, 0) is 17.6 Å². The fourth-order valence-electron chi connectivity index (χ4n) is 3.40. The van der Waals surface area contributed by atoms with Gasteiger partial charge >= 0.3 is 0 Å². The highest BCUT2D eigenvalue weighted by Crippen LogP contribution is 2.31. The predicted octanol–water partition coefficient (Wildman–Crippen LogP) is 3.68. The molecule has 4 rings (SSSR count). The Hall–Kier alpha value is -3.68. The predicted molar refractivity (Wildman–Crippen MR) is 107 cm³/mol. The molecule has 148 valence electrons. The molecule has 29 heavy (non-hydrogen) atoms. The summed E-state index contributed by atoms with van der Waals surface area (Å²) in [5, 5.41) is 18.4. The van der Waals surface area contributed by atoms with Crippen LogP contribution in [0.3, 0.4) is 0 Å². The van der Waals surface area contributed by atoms with Crippen LogP contribution in [0.4, 0.5) is 11.5 Å². The molecule has 0 spiro atoms. The first-order valence-electron chi connectivity index (χ1n) is 9.45. The second-order valence-corrected chi connectivity index (χ2v) is 6.77. The van der Waals surface area contributed by atoms with Gasteiger partial charge in [0, 0.05) is 17.7 Å². The third-order valence-corrected chi connectivity index (χ3v) is 4.81. The van der Waals surface area contributed by atoms with Gasteiger partial charge < -0.3 is 10.1 Å². The maximum Gasteiger partial charge on any atom is 0.269 e. The highest BCUT2D eigenvalue weighted by atomic mass is 16.6. The lowest BCUT2D eigenvalue weighted by molar-refractivity contribution is -0.384. The van der Waals surface area contributed by atoms with E-state index in [-0.39, 0.29) is 24.6 Å². The molecule has 8 heteroatoms. The number of non-ortho nitro benzene ring substituents is 1. The Balaban J connectivity index is 1.40. The fraction of sp³-hybridized carbons (Fsp3) is 0.238. The van der Waals surface area contributed by atoms with Crippen molar-refractivity contribution in [2.75, 3.05) is 11.9 Å². The highest BCUT2D eigenvalue weighted by molar-refractivity contribution is 5.91. The lowest BCUT2D eigenvalue weighted by atomic mass is 10.2. The fourth-order valence-corrected chi connectivity index (χ4v) is 3.40. The molecule has 3 aromatic rings. The summed E-state index contributed by atoms with van der Waals surface area (Å²) in [4.78, 5) is 22.7. The Morgan fingerprint density at radius 1 is 1.14 bits per heavy atom. The maximum absolute atomic E-state index is 12.5. The lowest BCUT2D eigenvalue weighted by Gasteiger charge is -2.11. The maximum atomic E-state index is 12.5. The molecular formula is C21H20N4O4. The summed E-state index contributed by atoms with van der Waals surface area (Å²) >= 11 is 0. The minimum absolute atomic E-state index is 0.00174. The van der Waals surface area contributed by atoms with Crippen LogP contribution in [0.2, 0.25) is 0 Å². The van der Waals surface area contributed by atoms with Crippen LogP contribution in [-0.4, -0.2) is 27.2 Å². The molecule has 8 nitrogen and oxygen atoms in total. The number of carbonyl (C=O) groups excluding carboxylic acids is 1. The first-order valence-corrected chi connectivity index (χ1v) is 9.45. The van der Waals surface area contributed by atoms with E-state index in [2.05, 4.69) is 10.4 Å². The molecule has 1 aliphatic carbocycles. The molecule has 0 atom stereocenters. The lowest BCUT2D eigenvalue weighted by Crippen LogP contribution is -2.18. The third kappa shape index (κ3) is 4.11. The van der Waals surface area contributed by atoms with Crippen LogP contribution in [0, 0.1) is 10.1 Å². The second-order valence-electron chi connectivity index (χ2n) is 6.77. The molecule has 0 saturated carbocycles. The topological polar surface area (TPSA) is 99.3 Å². The van der Waals surface area contributed by atoms with Crippen molar-refractivity contribution < 1.29 is 14.5 Å². The van der Waals surface area contributed by atoms with Crippen LogP contribution in [0.15, 0.2) is 54.6 Å². The van der Waals surface area contributed by atoms with Crippen molar-refractivity contribution in [3.63, 3.8) is 0 Å². The van der Waals surface area contributed by atoms with Gasteiger partial charge in [-0.1, -0.05) is 18.2 Å². The minimum atomic E-state index is -0.467. The Morgan fingerprint density at radius 3 is 2.62 bits per heavy atom. The number of aromatic nitrogens is 2. The van der Waals surface area contributed by atoms with Gasteiger partial charge in [-0.05, 0) is 43.5 Å². The minimum Gasteiger partial charge on any atom is -0.493 e. The standard InChI is InChI=1S/C21H20N4O4/c26-20(13-14-29-17-11-9-16(10-12-17)25(27)28)22-21-18-7-4-8-19(18)23-24(21)15-5-2-1-3-6-15/h1-3,5-6,9-12H,4,7-8,13-14H2,(H,22,26). The first kappa shape index (κ1) is 18.7. The van der Waals surface area contributed by atoms with Gasteiger partial charge in [0.1, 0.15) is 11.6 Å². The molecule has 1 aliphatic rings. The molecule has 1 aromatic heterocycles. The number of nitrogens with one attached hydrogen (secondary N) is 1. The third-order valence-electron chi connectivity index (χ3n) is 4.81. The average molecular weight is 392 g/mol. The Bertz CT molecular complexity index is 1030. The SMILES string of the molecule is O=C(CCOc1ccc([N+](=O)[O-])cc1)Nc1c2c(nn1-c1ccccc1)CCC2. The molecular weight excluding hydrogens is 372 g/mol. The van der Waals surface area contributed by atoms with Crippen molar-refractivity contribution in [2.24, 2.45) is 0 Å². The van der Waals surface area contributed by atoms with Crippen LogP contribution in [0.1, 0.15) is 24.1 Å². The number of anilines is 1. The Kier molecular flexibility index (Phi) is 5.24. The number of fused-ring (bicyclic) bond motifs is 1. The molecule has 2 aromatic carbocycles. The summed E-state index contributed by atoms with van der Waals surface area (Å²) in [6, 6.07) is 15.5. The van der Waals surface area contributed by atoms with E-state index in [9.17, 15) is 14.9 Å². The summed E-state index contributed by atoms with van der Waals surface area (Å²) < 4.78 is 7.32. The van der Waals surface area contributed by atoms with E-state index in [0.29, 0.717) is 5.75 Å². The van der Waals surface area contributed by atoms with E-state index in [0.717, 1.165) is 42.0 Å². The molecule has 0 fully saturated rings. The van der Waals surface area contributed by atoms with Crippen LogP contribution >= 0.6 is 0 Å². The molecule has 0 saturated heterocycles. The Labute approximate surface area is 167 Å². The van der Waals surface area contributed by atoms with Crippen molar-refractivity contribution in [3.05, 3.63) is 76.0 Å². The number of hydrogen-bond acceptors (Lipinski definition) is 5. The zero-order chi connectivity index (χ0) is 20.2. The largest absolute Gasteiger partial charge is 0.493 e. The average Bonchev–Trinajstić information content (AvgIpc) is 3.32. The molecule has 0 unspecified atom stereocenters. The number of nitro benzene ring substituents is 1. The van der Waals surface area contributed by atoms with Gasteiger partial charge in [0.15, 0.2) is 0 Å². The van der Waals surface area contributed by atoms with Gasteiger partial charge in [-0.25, -0.2) is 4.68 Å². The number of aryl methyl sites for hydroxylation is 1. The van der Waals surface area contributed by atoms with Gasteiger partial charge in [-0.2, -0.15) is 5.10 Å². The van der Waals surface area contributed by atoms with Crippen LogP contribution < -0.4 is 10.1 Å². The molecule has 0 bridgehead atoms. The van der Waals surface area contributed by atoms with E-state index in [1.165, 1.54) is 24.3 Å². The first-order chi connectivity index (χ1) is 14.1. The van der Waals surface area contributed by atoms with Gasteiger partial charge in [0.25, 0.3) is 5.69 Å². The number of hydrogen-bond donors (Lipinski definition) is 1. The molecule has 0 radical (unpaired) electrons. The summed E-state index contributed by atoms with van der Waals surface area (Å²) in [5.74, 6) is 1.04. The molecule has 1 heterocycles. The zero-order valence-corrected chi connectivity index (χ0v) is 15.7. The number of amides is 1. The smallest absolute Gasteiger partial charge is 0.269 e. The van der Waals surface area contributed by atoms with E-state index in [1.54, 1.807) is 4.68 Å². The van der Waals surface area contributed by atoms with Gasteiger partial charge in [-0.15, -0.1) is 0 Å². The number of ether oxygens (including phenoxy) is 1. The zero-order valence-electron chi connectivity index (χ0n) is 15.7. The number of carbonyl (C=O) groups is 1. The summed E-state index contributed by atoms with van der Waals surface area (Å²) in [6.07, 6.45) is 3.02. The number of benzene rings is 2.